The number of esters is 3. The summed E-state index contributed by atoms with van der Waals surface area (Å²) in [6.07, 6.45) is -5.56. The summed E-state index contributed by atoms with van der Waals surface area (Å²) in [5, 5.41) is 3.38. The molecule has 0 N–H and O–H groups in total. The first-order valence-corrected chi connectivity index (χ1v) is 7.01. The maximum absolute atomic E-state index is 11.4. The van der Waals surface area contributed by atoms with Gasteiger partial charge in [0.2, 0.25) is 0 Å². The lowest BCUT2D eigenvalue weighted by Gasteiger charge is -2.43. The fourth-order valence-electron chi connectivity index (χ4n) is 2.31. The lowest BCUT2D eigenvalue weighted by molar-refractivity contribution is -0.296. The molecule has 0 aromatic heterocycles. The maximum Gasteiger partial charge on any atom is 0.303 e. The van der Waals surface area contributed by atoms with Crippen molar-refractivity contribution in [3.05, 3.63) is 10.4 Å². The summed E-state index contributed by atoms with van der Waals surface area (Å²) < 4.78 is 26.1. The van der Waals surface area contributed by atoms with Crippen molar-refractivity contribution in [3.8, 4) is 0 Å². The van der Waals surface area contributed by atoms with E-state index in [1.807, 2.05) is 0 Å². The van der Waals surface area contributed by atoms with Crippen LogP contribution >= 0.6 is 0 Å². The first-order chi connectivity index (χ1) is 11.3. The predicted molar refractivity (Wildman–Crippen MR) is 76.3 cm³/mol. The molecule has 0 radical (unpaired) electrons. The first kappa shape index (κ1) is 19.7. The number of rotatable bonds is 6. The molecule has 24 heavy (non-hydrogen) atoms. The van der Waals surface area contributed by atoms with Crippen molar-refractivity contribution in [2.45, 2.75) is 51.5 Å². The molecule has 0 aromatic rings. The lowest BCUT2D eigenvalue weighted by Crippen LogP contribution is -2.62. The molecule has 0 bridgehead atoms. The van der Waals surface area contributed by atoms with Gasteiger partial charge in [-0.1, -0.05) is 5.11 Å². The predicted octanol–water partition coefficient (Wildman–Crippen LogP) is 0.463. The molecular formula is C13H19N3O8. The molecule has 11 heteroatoms. The Labute approximate surface area is 137 Å². The standard InChI is InChI=1S/C13H19N3O8/c1-6(17)21-10-9(5-15-16-14)24-13(20-4)12(23-8(3)19)11(10)22-7(2)18/h9-13H,5H2,1-4H3/t9?,10-,11+,12-,13?/m0/s1. The fraction of sp³-hybridized carbons (Fsp3) is 0.769. The summed E-state index contributed by atoms with van der Waals surface area (Å²) >= 11 is 0. The zero-order valence-corrected chi connectivity index (χ0v) is 13.7. The largest absolute Gasteiger partial charge is 0.456 e. The summed E-state index contributed by atoms with van der Waals surface area (Å²) in [5.41, 5.74) is 8.48. The molecule has 0 aliphatic carbocycles. The van der Waals surface area contributed by atoms with Crippen LogP contribution in [-0.2, 0) is 38.1 Å². The summed E-state index contributed by atoms with van der Waals surface area (Å²) in [6.45, 7) is 3.25. The quantitative estimate of drug-likeness (QED) is 0.222. The minimum Gasteiger partial charge on any atom is -0.456 e. The minimum absolute atomic E-state index is 0.209. The van der Waals surface area contributed by atoms with Crippen molar-refractivity contribution in [2.75, 3.05) is 13.7 Å². The Hall–Kier alpha value is -2.36. The van der Waals surface area contributed by atoms with E-state index in [0.717, 1.165) is 20.8 Å². The molecule has 134 valence electrons. The van der Waals surface area contributed by atoms with Crippen LogP contribution in [-0.4, -0.2) is 62.3 Å². The molecule has 0 aromatic carbocycles. The van der Waals surface area contributed by atoms with Gasteiger partial charge in [-0.05, 0) is 5.53 Å². The third-order valence-corrected chi connectivity index (χ3v) is 3.05. The normalized spacial score (nSPS) is 29.1. The van der Waals surface area contributed by atoms with Crippen LogP contribution in [0.1, 0.15) is 20.8 Å². The fourth-order valence-corrected chi connectivity index (χ4v) is 2.31. The number of ether oxygens (including phenoxy) is 5. The zero-order valence-electron chi connectivity index (χ0n) is 13.7. The van der Waals surface area contributed by atoms with Crippen molar-refractivity contribution >= 4 is 17.9 Å². The molecule has 5 atom stereocenters. The van der Waals surface area contributed by atoms with Gasteiger partial charge in [-0.15, -0.1) is 0 Å². The number of hydrogen-bond donors (Lipinski definition) is 0. The molecular weight excluding hydrogens is 326 g/mol. The highest BCUT2D eigenvalue weighted by atomic mass is 16.7. The molecule has 1 fully saturated rings. The van der Waals surface area contributed by atoms with Gasteiger partial charge in [-0.2, -0.15) is 0 Å². The Morgan fingerprint density at radius 2 is 1.50 bits per heavy atom. The molecule has 1 aliphatic rings. The van der Waals surface area contributed by atoms with E-state index in [0.29, 0.717) is 0 Å². The van der Waals surface area contributed by atoms with Crippen LogP contribution in [0.4, 0.5) is 0 Å². The van der Waals surface area contributed by atoms with Crippen LogP contribution in [0, 0.1) is 0 Å². The van der Waals surface area contributed by atoms with Gasteiger partial charge in [0.15, 0.2) is 24.6 Å². The lowest BCUT2D eigenvalue weighted by atomic mass is 9.98. The molecule has 1 aliphatic heterocycles. The Morgan fingerprint density at radius 3 is 1.96 bits per heavy atom. The average molecular weight is 345 g/mol. The van der Waals surface area contributed by atoms with Gasteiger partial charge < -0.3 is 23.7 Å². The highest BCUT2D eigenvalue weighted by Crippen LogP contribution is 2.29. The van der Waals surface area contributed by atoms with E-state index in [9.17, 15) is 14.4 Å². The number of carbonyl (C=O) groups excluding carboxylic acids is 3. The topological polar surface area (TPSA) is 146 Å². The van der Waals surface area contributed by atoms with Crippen molar-refractivity contribution in [3.63, 3.8) is 0 Å². The second kappa shape index (κ2) is 9.06. The Kier molecular flexibility index (Phi) is 7.43. The Bertz CT molecular complexity index is 533. The number of carbonyl (C=O) groups is 3. The Morgan fingerprint density at radius 1 is 1.00 bits per heavy atom. The molecule has 11 nitrogen and oxygen atoms in total. The van der Waals surface area contributed by atoms with Crippen LogP contribution in [0.2, 0.25) is 0 Å². The number of hydrogen-bond acceptors (Lipinski definition) is 9. The number of methoxy groups -OCH3 is 1. The summed E-state index contributed by atoms with van der Waals surface area (Å²) in [6, 6.07) is 0. The van der Waals surface area contributed by atoms with Crippen molar-refractivity contribution in [2.24, 2.45) is 5.11 Å². The highest BCUT2D eigenvalue weighted by molar-refractivity contribution is 5.68. The molecule has 2 unspecified atom stereocenters. The maximum atomic E-state index is 11.4. The van der Waals surface area contributed by atoms with Crippen LogP contribution in [0.5, 0.6) is 0 Å². The second-order valence-electron chi connectivity index (χ2n) is 4.91. The van der Waals surface area contributed by atoms with E-state index in [1.54, 1.807) is 0 Å². The van der Waals surface area contributed by atoms with Crippen molar-refractivity contribution in [1.82, 2.24) is 0 Å². The molecule has 0 amide bonds. The van der Waals surface area contributed by atoms with Crippen LogP contribution < -0.4 is 0 Å². The van der Waals surface area contributed by atoms with Gasteiger partial charge in [0.1, 0.15) is 6.10 Å². The van der Waals surface area contributed by atoms with E-state index in [4.69, 9.17) is 29.2 Å². The highest BCUT2D eigenvalue weighted by Gasteiger charge is 2.51. The van der Waals surface area contributed by atoms with Gasteiger partial charge in [-0.25, -0.2) is 0 Å². The summed E-state index contributed by atoms with van der Waals surface area (Å²) in [5.74, 6) is -2.03. The first-order valence-electron chi connectivity index (χ1n) is 7.01. The average Bonchev–Trinajstić information content (AvgIpc) is 2.48. The van der Waals surface area contributed by atoms with Crippen LogP contribution in [0.3, 0.4) is 0 Å². The summed E-state index contributed by atoms with van der Waals surface area (Å²) in [4.78, 5) is 36.8. The molecule has 0 spiro atoms. The van der Waals surface area contributed by atoms with Gasteiger partial charge in [0.25, 0.3) is 0 Å². The minimum atomic E-state index is -1.19. The van der Waals surface area contributed by atoms with Gasteiger partial charge in [0.05, 0.1) is 6.54 Å². The van der Waals surface area contributed by atoms with Crippen LogP contribution in [0.15, 0.2) is 5.11 Å². The molecule has 1 heterocycles. The molecule has 1 saturated heterocycles. The third-order valence-electron chi connectivity index (χ3n) is 3.05. The van der Waals surface area contributed by atoms with Gasteiger partial charge in [0, 0.05) is 32.8 Å². The van der Waals surface area contributed by atoms with E-state index in [-0.39, 0.29) is 6.54 Å². The number of azide groups is 1. The zero-order chi connectivity index (χ0) is 18.3. The monoisotopic (exact) mass is 345 g/mol. The van der Waals surface area contributed by atoms with E-state index in [1.165, 1.54) is 7.11 Å². The smallest absolute Gasteiger partial charge is 0.303 e. The van der Waals surface area contributed by atoms with Crippen molar-refractivity contribution < 1.29 is 38.1 Å². The Balaban J connectivity index is 3.22. The number of nitrogens with zero attached hydrogens (tertiary/aromatic N) is 3. The van der Waals surface area contributed by atoms with Crippen LogP contribution in [0.25, 0.3) is 10.4 Å². The van der Waals surface area contributed by atoms with E-state index in [2.05, 4.69) is 10.0 Å². The van der Waals surface area contributed by atoms with E-state index < -0.39 is 48.6 Å². The SMILES string of the molecule is COC1OC(CN=[N+]=[N-])[C@H](OC(C)=O)[C@@H](OC(C)=O)[C@@H]1OC(C)=O. The van der Waals surface area contributed by atoms with Gasteiger partial charge in [-0.3, -0.25) is 14.4 Å². The summed E-state index contributed by atoms with van der Waals surface area (Å²) in [7, 11) is 1.29. The van der Waals surface area contributed by atoms with Gasteiger partial charge >= 0.3 is 17.9 Å². The second-order valence-corrected chi connectivity index (χ2v) is 4.91. The van der Waals surface area contributed by atoms with Crippen molar-refractivity contribution in [1.29, 1.82) is 0 Å². The third kappa shape index (κ3) is 5.37. The van der Waals surface area contributed by atoms with E-state index >= 15 is 0 Å². The molecule has 0 saturated carbocycles. The molecule has 1 rings (SSSR count).